The maximum absolute atomic E-state index is 7.46. The minimum atomic E-state index is 0. The predicted molar refractivity (Wildman–Crippen MR) is 90.8 cm³/mol. The predicted octanol–water partition coefficient (Wildman–Crippen LogP) is 3.52. The third-order valence-corrected chi connectivity index (χ3v) is 3.23. The molecule has 0 spiro atoms. The molecular formula is C17H16ClN3O. The molecule has 3 aromatic rings. The summed E-state index contributed by atoms with van der Waals surface area (Å²) in [5.41, 5.74) is 8.02. The third-order valence-electron chi connectivity index (χ3n) is 3.23. The van der Waals surface area contributed by atoms with E-state index in [2.05, 4.69) is 4.98 Å². The van der Waals surface area contributed by atoms with Gasteiger partial charge in [-0.2, -0.15) is 0 Å². The summed E-state index contributed by atoms with van der Waals surface area (Å²) >= 11 is 0. The first-order chi connectivity index (χ1) is 10.2. The van der Waals surface area contributed by atoms with Crippen LogP contribution in [-0.2, 0) is 6.61 Å². The molecule has 1 heterocycles. The molecule has 0 bridgehead atoms. The van der Waals surface area contributed by atoms with E-state index in [0.717, 1.165) is 22.2 Å². The minimum absolute atomic E-state index is 0. The molecule has 0 aliphatic rings. The van der Waals surface area contributed by atoms with Crippen molar-refractivity contribution in [2.45, 2.75) is 6.61 Å². The second kappa shape index (κ2) is 6.91. The lowest BCUT2D eigenvalue weighted by Crippen LogP contribution is -2.11. The fraction of sp³-hybridized carbons (Fsp3) is 0.0588. The molecule has 1 aromatic heterocycles. The maximum atomic E-state index is 7.46. The summed E-state index contributed by atoms with van der Waals surface area (Å²) in [6.45, 7) is 0.413. The van der Waals surface area contributed by atoms with Crippen LogP contribution in [-0.4, -0.2) is 10.8 Å². The first-order valence-corrected chi connectivity index (χ1v) is 6.64. The monoisotopic (exact) mass is 313 g/mol. The van der Waals surface area contributed by atoms with Crippen molar-refractivity contribution in [2.75, 3.05) is 0 Å². The highest BCUT2D eigenvalue weighted by atomic mass is 35.5. The molecule has 3 rings (SSSR count). The summed E-state index contributed by atoms with van der Waals surface area (Å²) in [5.74, 6) is 0.810. The Morgan fingerprint density at radius 1 is 1.09 bits per heavy atom. The van der Waals surface area contributed by atoms with Gasteiger partial charge in [0.15, 0.2) is 0 Å². The first-order valence-electron chi connectivity index (χ1n) is 6.64. The van der Waals surface area contributed by atoms with Gasteiger partial charge in [0.25, 0.3) is 0 Å². The number of rotatable bonds is 4. The second-order valence-electron chi connectivity index (χ2n) is 4.73. The van der Waals surface area contributed by atoms with Crippen molar-refractivity contribution in [3.8, 4) is 5.75 Å². The number of halogens is 1. The van der Waals surface area contributed by atoms with Crippen LogP contribution in [0.5, 0.6) is 5.75 Å². The van der Waals surface area contributed by atoms with E-state index >= 15 is 0 Å². The van der Waals surface area contributed by atoms with Crippen LogP contribution in [0.2, 0.25) is 0 Å². The molecular weight excluding hydrogens is 298 g/mol. The lowest BCUT2D eigenvalue weighted by molar-refractivity contribution is 0.309. The van der Waals surface area contributed by atoms with Crippen molar-refractivity contribution in [2.24, 2.45) is 5.73 Å². The van der Waals surface area contributed by atoms with Crippen LogP contribution in [0.25, 0.3) is 10.9 Å². The third kappa shape index (κ3) is 3.35. The number of aromatic nitrogens is 1. The average Bonchev–Trinajstić information content (AvgIpc) is 2.53. The molecule has 5 heteroatoms. The normalized spacial score (nSPS) is 10.0. The highest BCUT2D eigenvalue weighted by Crippen LogP contribution is 2.23. The zero-order chi connectivity index (χ0) is 14.7. The molecule has 0 radical (unpaired) electrons. The Bertz CT molecular complexity index is 799. The fourth-order valence-corrected chi connectivity index (χ4v) is 2.18. The summed E-state index contributed by atoms with van der Waals surface area (Å²) in [6, 6.07) is 17.3. The number of hydrogen-bond donors (Lipinski definition) is 2. The van der Waals surface area contributed by atoms with E-state index in [-0.39, 0.29) is 18.2 Å². The van der Waals surface area contributed by atoms with Crippen LogP contribution in [0.4, 0.5) is 0 Å². The van der Waals surface area contributed by atoms with Gasteiger partial charge in [0.2, 0.25) is 0 Å². The van der Waals surface area contributed by atoms with Crippen LogP contribution in [0.3, 0.4) is 0 Å². The second-order valence-corrected chi connectivity index (χ2v) is 4.73. The van der Waals surface area contributed by atoms with E-state index in [9.17, 15) is 0 Å². The van der Waals surface area contributed by atoms with Crippen molar-refractivity contribution in [3.05, 3.63) is 71.9 Å². The first kappa shape index (κ1) is 15.8. The summed E-state index contributed by atoms with van der Waals surface area (Å²) < 4.78 is 5.87. The van der Waals surface area contributed by atoms with Gasteiger partial charge >= 0.3 is 0 Å². The number of benzene rings is 2. The number of amidine groups is 1. The van der Waals surface area contributed by atoms with E-state index in [4.69, 9.17) is 15.9 Å². The number of nitrogens with one attached hydrogen (secondary N) is 1. The minimum Gasteiger partial charge on any atom is -0.487 e. The van der Waals surface area contributed by atoms with Crippen LogP contribution in [0, 0.1) is 5.41 Å². The largest absolute Gasteiger partial charge is 0.487 e. The smallest absolute Gasteiger partial charge is 0.146 e. The molecule has 0 fully saturated rings. The van der Waals surface area contributed by atoms with Gasteiger partial charge < -0.3 is 10.5 Å². The number of nitrogen functional groups attached to an aromatic ring is 1. The lowest BCUT2D eigenvalue weighted by atomic mass is 10.1. The zero-order valence-corrected chi connectivity index (χ0v) is 12.6. The summed E-state index contributed by atoms with van der Waals surface area (Å²) in [4.78, 5) is 4.36. The molecule has 4 nitrogen and oxygen atoms in total. The van der Waals surface area contributed by atoms with Crippen molar-refractivity contribution >= 4 is 29.1 Å². The van der Waals surface area contributed by atoms with Gasteiger partial charge in [-0.05, 0) is 23.8 Å². The number of para-hydroxylation sites is 1. The van der Waals surface area contributed by atoms with Gasteiger partial charge in [0, 0.05) is 17.1 Å². The van der Waals surface area contributed by atoms with Crippen molar-refractivity contribution in [3.63, 3.8) is 0 Å². The molecule has 3 N–H and O–H groups in total. The number of nitrogens with two attached hydrogens (primary N) is 1. The topological polar surface area (TPSA) is 72.0 Å². The van der Waals surface area contributed by atoms with E-state index in [1.165, 1.54) is 0 Å². The highest BCUT2D eigenvalue weighted by Gasteiger charge is 2.04. The Labute approximate surface area is 134 Å². The molecule has 0 atom stereocenters. The Kier molecular flexibility index (Phi) is 4.96. The fourth-order valence-electron chi connectivity index (χ4n) is 2.18. The molecule has 0 saturated heterocycles. The molecule has 0 aliphatic heterocycles. The van der Waals surface area contributed by atoms with Gasteiger partial charge in [-0.25, -0.2) is 0 Å². The molecule has 0 saturated carbocycles. The van der Waals surface area contributed by atoms with Crippen LogP contribution in [0.15, 0.2) is 60.8 Å². The van der Waals surface area contributed by atoms with Crippen molar-refractivity contribution < 1.29 is 4.74 Å². The van der Waals surface area contributed by atoms with Gasteiger partial charge in [-0.3, -0.25) is 10.4 Å². The Balaban J connectivity index is 0.00000176. The lowest BCUT2D eigenvalue weighted by Gasteiger charge is -2.09. The number of nitrogens with zero attached hydrogens (tertiary/aromatic N) is 1. The maximum Gasteiger partial charge on any atom is 0.146 e. The summed E-state index contributed by atoms with van der Waals surface area (Å²) in [7, 11) is 0. The van der Waals surface area contributed by atoms with Crippen molar-refractivity contribution in [1.29, 1.82) is 5.41 Å². The number of hydrogen-bond acceptors (Lipinski definition) is 3. The van der Waals surface area contributed by atoms with Crippen LogP contribution < -0.4 is 10.5 Å². The number of pyridine rings is 1. The van der Waals surface area contributed by atoms with E-state index in [0.29, 0.717) is 12.2 Å². The van der Waals surface area contributed by atoms with Gasteiger partial charge in [-0.1, -0.05) is 36.4 Å². The molecule has 22 heavy (non-hydrogen) atoms. The van der Waals surface area contributed by atoms with E-state index < -0.39 is 0 Å². The molecule has 0 aliphatic carbocycles. The van der Waals surface area contributed by atoms with E-state index in [1.807, 2.05) is 54.6 Å². The van der Waals surface area contributed by atoms with Gasteiger partial charge in [0.1, 0.15) is 23.7 Å². The Morgan fingerprint density at radius 3 is 2.68 bits per heavy atom. The quantitative estimate of drug-likeness (QED) is 0.572. The van der Waals surface area contributed by atoms with Gasteiger partial charge in [-0.15, -0.1) is 12.4 Å². The van der Waals surface area contributed by atoms with Crippen LogP contribution >= 0.6 is 12.4 Å². The summed E-state index contributed by atoms with van der Waals surface area (Å²) in [5, 5.41) is 8.51. The van der Waals surface area contributed by atoms with Gasteiger partial charge in [0.05, 0.1) is 0 Å². The number of ether oxygens (including phenoxy) is 1. The van der Waals surface area contributed by atoms with E-state index in [1.54, 1.807) is 6.20 Å². The van der Waals surface area contributed by atoms with Crippen LogP contribution in [0.1, 0.15) is 11.1 Å². The zero-order valence-electron chi connectivity index (χ0n) is 11.8. The average molecular weight is 314 g/mol. The SMILES string of the molecule is Cl.N=C(N)c1cccc(COc2cccc3cccnc23)c1. The Morgan fingerprint density at radius 2 is 1.86 bits per heavy atom. The standard InChI is InChI=1S/C17H15N3O.ClH/c18-17(19)14-6-1-4-12(10-14)11-21-15-8-2-5-13-7-3-9-20-16(13)15;/h1-10H,11H2,(H3,18,19);1H. The van der Waals surface area contributed by atoms with Crippen molar-refractivity contribution in [1.82, 2.24) is 4.98 Å². The molecule has 0 amide bonds. The Hall–Kier alpha value is -2.59. The molecule has 112 valence electrons. The highest BCUT2D eigenvalue weighted by molar-refractivity contribution is 5.95. The number of fused-ring (bicyclic) bond motifs is 1. The summed E-state index contributed by atoms with van der Waals surface area (Å²) in [6.07, 6.45) is 1.76. The molecule has 0 unspecified atom stereocenters. The molecule has 2 aromatic carbocycles.